The number of H-pyrrole nitrogens is 1. The molecule has 0 radical (unpaired) electrons. The monoisotopic (exact) mass is 406 g/mol. The first kappa shape index (κ1) is 17.3. The normalized spacial score (nSPS) is 11.6. The largest absolute Gasteiger partial charge is 0.339 e. The summed E-state index contributed by atoms with van der Waals surface area (Å²) in [5.74, 6) is 0. The highest BCUT2D eigenvalue weighted by Gasteiger charge is 2.20. The van der Waals surface area contributed by atoms with Gasteiger partial charge in [0.1, 0.15) is 11.3 Å². The minimum Gasteiger partial charge on any atom is -0.339 e. The lowest BCUT2D eigenvalue weighted by Crippen LogP contribution is -1.92. The van der Waals surface area contributed by atoms with Gasteiger partial charge in [-0.05, 0) is 25.1 Å². The van der Waals surface area contributed by atoms with Crippen molar-refractivity contribution in [3.05, 3.63) is 90.6 Å². The van der Waals surface area contributed by atoms with Crippen LogP contribution in [0.15, 0.2) is 94.9 Å². The van der Waals surface area contributed by atoms with Crippen molar-refractivity contribution in [1.29, 1.82) is 0 Å². The highest BCUT2D eigenvalue weighted by Crippen LogP contribution is 2.39. The highest BCUT2D eigenvalue weighted by atomic mass is 32.2. The molecule has 0 spiro atoms. The summed E-state index contributed by atoms with van der Waals surface area (Å²) in [5, 5.41) is 7.26. The fourth-order valence-electron chi connectivity index (χ4n) is 3.84. The van der Waals surface area contributed by atoms with E-state index < -0.39 is 0 Å². The van der Waals surface area contributed by atoms with E-state index in [1.165, 1.54) is 10.5 Å². The average molecular weight is 407 g/mol. The van der Waals surface area contributed by atoms with Crippen LogP contribution < -0.4 is 0 Å². The molecule has 0 aliphatic heterocycles. The molecule has 0 saturated carbocycles. The molecule has 0 aliphatic carbocycles. The highest BCUT2D eigenvalue weighted by molar-refractivity contribution is 7.99. The maximum absolute atomic E-state index is 5.02. The molecular formula is C25H18N4S. The minimum atomic E-state index is 0.860. The van der Waals surface area contributed by atoms with Crippen molar-refractivity contribution < 1.29 is 0 Å². The number of aryl methyl sites for hydroxylation is 1. The number of aromatic amines is 1. The number of benzene rings is 3. The Morgan fingerprint density at radius 1 is 0.833 bits per heavy atom. The molecule has 0 bridgehead atoms. The van der Waals surface area contributed by atoms with Gasteiger partial charge in [-0.15, -0.1) is 0 Å². The van der Waals surface area contributed by atoms with E-state index in [2.05, 4.69) is 66.5 Å². The van der Waals surface area contributed by atoms with Crippen LogP contribution in [0.25, 0.3) is 38.8 Å². The zero-order valence-electron chi connectivity index (χ0n) is 16.3. The number of fused-ring (bicyclic) bond motifs is 5. The van der Waals surface area contributed by atoms with Gasteiger partial charge in [0.05, 0.1) is 4.90 Å². The molecule has 1 N–H and O–H groups in total. The van der Waals surface area contributed by atoms with Gasteiger partial charge in [0.25, 0.3) is 0 Å². The first-order chi connectivity index (χ1) is 14.8. The molecule has 0 unspecified atom stereocenters. The standard InChI is InChI=1S/C25H18N4S/c1-16-11-13-18(14-12-16)30-23-22(17-7-3-2-4-8-17)28-29-24-20(15-26-25(23)29)19-9-5-6-10-21(19)27-24/h2-15,27H,1H3. The molecule has 0 saturated heterocycles. The number of hydrogen-bond acceptors (Lipinski definition) is 3. The van der Waals surface area contributed by atoms with E-state index in [0.717, 1.165) is 43.7 Å². The van der Waals surface area contributed by atoms with E-state index in [1.54, 1.807) is 11.8 Å². The third kappa shape index (κ3) is 2.70. The van der Waals surface area contributed by atoms with Crippen LogP contribution in [0.5, 0.6) is 0 Å². The lowest BCUT2D eigenvalue weighted by Gasteiger charge is -2.04. The van der Waals surface area contributed by atoms with E-state index >= 15 is 0 Å². The van der Waals surface area contributed by atoms with Crippen LogP contribution in [0, 0.1) is 6.92 Å². The van der Waals surface area contributed by atoms with Crippen LogP contribution in [-0.2, 0) is 0 Å². The number of nitrogens with one attached hydrogen (secondary N) is 1. The maximum Gasteiger partial charge on any atom is 0.172 e. The summed E-state index contributed by atoms with van der Waals surface area (Å²) in [4.78, 5) is 10.6. The average Bonchev–Trinajstić information content (AvgIpc) is 3.34. The third-order valence-corrected chi connectivity index (χ3v) is 6.45. The van der Waals surface area contributed by atoms with Gasteiger partial charge >= 0.3 is 0 Å². The van der Waals surface area contributed by atoms with Crippen LogP contribution in [0.2, 0.25) is 0 Å². The Morgan fingerprint density at radius 2 is 1.60 bits per heavy atom. The Hall–Kier alpha value is -3.57. The van der Waals surface area contributed by atoms with E-state index in [4.69, 9.17) is 10.1 Å². The Kier molecular flexibility index (Phi) is 3.89. The second-order valence-electron chi connectivity index (χ2n) is 7.39. The van der Waals surface area contributed by atoms with Crippen LogP contribution in [0.4, 0.5) is 0 Å². The molecule has 4 nitrogen and oxygen atoms in total. The molecule has 3 heterocycles. The lowest BCUT2D eigenvalue weighted by atomic mass is 10.1. The minimum absolute atomic E-state index is 0.860. The molecular weight excluding hydrogens is 388 g/mol. The first-order valence-corrected chi connectivity index (χ1v) is 10.7. The molecule has 6 aromatic rings. The number of para-hydroxylation sites is 1. The Morgan fingerprint density at radius 3 is 2.43 bits per heavy atom. The predicted molar refractivity (Wildman–Crippen MR) is 123 cm³/mol. The fraction of sp³-hybridized carbons (Fsp3) is 0.0400. The predicted octanol–water partition coefficient (Wildman–Crippen LogP) is 6.49. The molecule has 0 amide bonds. The molecule has 144 valence electrons. The van der Waals surface area contributed by atoms with E-state index in [-0.39, 0.29) is 0 Å². The van der Waals surface area contributed by atoms with Crippen molar-refractivity contribution >= 4 is 39.3 Å². The van der Waals surface area contributed by atoms with Gasteiger partial charge in [0, 0.05) is 32.9 Å². The molecule has 0 atom stereocenters. The van der Waals surface area contributed by atoms with Crippen molar-refractivity contribution in [1.82, 2.24) is 19.6 Å². The first-order valence-electron chi connectivity index (χ1n) is 9.86. The van der Waals surface area contributed by atoms with Gasteiger partial charge in [-0.25, -0.2) is 4.98 Å². The van der Waals surface area contributed by atoms with Crippen molar-refractivity contribution in [3.63, 3.8) is 0 Å². The van der Waals surface area contributed by atoms with Gasteiger partial charge in [-0.3, -0.25) is 0 Å². The van der Waals surface area contributed by atoms with Crippen molar-refractivity contribution in [2.45, 2.75) is 16.7 Å². The van der Waals surface area contributed by atoms with Gasteiger partial charge in [-0.1, -0.05) is 78.0 Å². The van der Waals surface area contributed by atoms with Crippen LogP contribution in [-0.4, -0.2) is 19.6 Å². The topological polar surface area (TPSA) is 46.0 Å². The zero-order valence-corrected chi connectivity index (χ0v) is 17.1. The summed E-state index contributed by atoms with van der Waals surface area (Å²) in [6, 6.07) is 27.2. The van der Waals surface area contributed by atoms with Crippen molar-refractivity contribution in [2.24, 2.45) is 0 Å². The summed E-state index contributed by atoms with van der Waals surface area (Å²) >= 11 is 1.71. The Balaban J connectivity index is 1.65. The quantitative estimate of drug-likeness (QED) is 0.365. The smallest absolute Gasteiger partial charge is 0.172 e. The molecule has 5 heteroatoms. The lowest BCUT2D eigenvalue weighted by molar-refractivity contribution is 0.974. The van der Waals surface area contributed by atoms with Crippen molar-refractivity contribution in [3.8, 4) is 11.3 Å². The van der Waals surface area contributed by atoms with Gasteiger partial charge < -0.3 is 4.98 Å². The Bertz CT molecular complexity index is 1510. The van der Waals surface area contributed by atoms with Gasteiger partial charge in [0.2, 0.25) is 0 Å². The summed E-state index contributed by atoms with van der Waals surface area (Å²) in [5.41, 5.74) is 6.20. The van der Waals surface area contributed by atoms with Crippen LogP contribution in [0.1, 0.15) is 5.56 Å². The second-order valence-corrected chi connectivity index (χ2v) is 8.47. The van der Waals surface area contributed by atoms with E-state index in [9.17, 15) is 0 Å². The molecule has 30 heavy (non-hydrogen) atoms. The number of aromatic nitrogens is 4. The van der Waals surface area contributed by atoms with E-state index in [1.807, 2.05) is 35.0 Å². The number of hydrogen-bond donors (Lipinski definition) is 1. The molecule has 0 fully saturated rings. The fourth-order valence-corrected chi connectivity index (χ4v) is 4.83. The summed E-state index contributed by atoms with van der Waals surface area (Å²) < 4.78 is 1.95. The van der Waals surface area contributed by atoms with Gasteiger partial charge in [-0.2, -0.15) is 9.61 Å². The maximum atomic E-state index is 5.02. The number of rotatable bonds is 3. The SMILES string of the molecule is Cc1ccc(Sc2c(-c3ccccc3)nn3c2ncc2c4ccccc4[nH]c23)cc1. The van der Waals surface area contributed by atoms with Crippen LogP contribution >= 0.6 is 11.8 Å². The molecule has 6 rings (SSSR count). The second kappa shape index (κ2) is 6.75. The molecule has 3 aromatic carbocycles. The zero-order chi connectivity index (χ0) is 20.1. The third-order valence-electron chi connectivity index (χ3n) is 5.36. The van der Waals surface area contributed by atoms with Crippen molar-refractivity contribution in [2.75, 3.05) is 0 Å². The summed E-state index contributed by atoms with van der Waals surface area (Å²) in [7, 11) is 0. The summed E-state index contributed by atoms with van der Waals surface area (Å²) in [6.07, 6.45) is 1.96. The summed E-state index contributed by atoms with van der Waals surface area (Å²) in [6.45, 7) is 2.10. The van der Waals surface area contributed by atoms with Crippen LogP contribution in [0.3, 0.4) is 0 Å². The molecule has 0 aliphatic rings. The van der Waals surface area contributed by atoms with E-state index in [0.29, 0.717) is 0 Å². The number of nitrogens with zero attached hydrogens (tertiary/aromatic N) is 3. The Labute approximate surface area is 177 Å². The van der Waals surface area contributed by atoms with Gasteiger partial charge in [0.15, 0.2) is 5.65 Å². The molecule has 3 aromatic heterocycles.